The predicted octanol–water partition coefficient (Wildman–Crippen LogP) is 25.7. The van der Waals surface area contributed by atoms with Crippen LogP contribution >= 0.6 is 0 Å². The van der Waals surface area contributed by atoms with Crippen LogP contribution in [0.1, 0.15) is 165 Å². The highest BCUT2D eigenvalue weighted by Crippen LogP contribution is 2.56. The van der Waals surface area contributed by atoms with Gasteiger partial charge in [-0.15, -0.1) is 0 Å². The maximum Gasteiger partial charge on any atom is 0.137 e. The fraction of sp³-hybridized carbons (Fsp3) is 0.278. The molecule has 5 heteroatoms. The predicted molar refractivity (Wildman–Crippen MR) is 409 cm³/mol. The molecule has 0 spiro atoms. The van der Waals surface area contributed by atoms with Crippen LogP contribution in [0.25, 0.3) is 55.6 Å². The average molecular weight is 1250 g/mol. The van der Waals surface area contributed by atoms with Gasteiger partial charge in [0.05, 0.1) is 35.3 Å². The number of hydrogen-bond acceptors (Lipinski definition) is 5. The third kappa shape index (κ3) is 12.5. The summed E-state index contributed by atoms with van der Waals surface area (Å²) in [6.45, 7) is 41.3. The van der Waals surface area contributed by atoms with Gasteiger partial charge < -0.3 is 14.7 Å². The summed E-state index contributed by atoms with van der Waals surface area (Å²) in [5.41, 5.74) is 23.7. The van der Waals surface area contributed by atoms with Gasteiger partial charge in [-0.2, -0.15) is 0 Å². The van der Waals surface area contributed by atoms with Crippen molar-refractivity contribution in [1.29, 1.82) is 0 Å². The van der Waals surface area contributed by atoms with Crippen LogP contribution in [-0.4, -0.2) is 11.7 Å². The number of aromatic nitrogens is 1. The Bertz CT molecular complexity index is 4930. The molecule has 480 valence electrons. The van der Waals surface area contributed by atoms with E-state index in [1.165, 1.54) is 27.8 Å². The molecule has 11 aromatic rings. The molecule has 0 saturated heterocycles. The lowest BCUT2D eigenvalue weighted by Crippen LogP contribution is -2.26. The Morgan fingerprint density at radius 1 is 0.326 bits per heavy atom. The molecule has 95 heavy (non-hydrogen) atoms. The minimum atomic E-state index is -0.426. The van der Waals surface area contributed by atoms with E-state index < -0.39 is 6.04 Å². The molecule has 0 aliphatic carbocycles. The van der Waals surface area contributed by atoms with E-state index in [1.54, 1.807) is 0 Å². The van der Waals surface area contributed by atoms with Crippen molar-refractivity contribution in [2.24, 2.45) is 0 Å². The quantitative estimate of drug-likeness (QED) is 0.143. The fourth-order valence-electron chi connectivity index (χ4n) is 13.5. The highest BCUT2D eigenvalue weighted by molar-refractivity contribution is 6.05. The van der Waals surface area contributed by atoms with Crippen LogP contribution in [0, 0.1) is 0 Å². The fourth-order valence-corrected chi connectivity index (χ4v) is 13.5. The van der Waals surface area contributed by atoms with Crippen LogP contribution in [0.2, 0.25) is 0 Å². The topological polar surface area (TPSA) is 25.9 Å². The van der Waals surface area contributed by atoms with Gasteiger partial charge >= 0.3 is 0 Å². The van der Waals surface area contributed by atoms with Gasteiger partial charge in [-0.1, -0.05) is 276 Å². The number of nitrogens with zero attached hydrogens (tertiary/aromatic N) is 5. The number of rotatable bonds is 9. The van der Waals surface area contributed by atoms with Crippen LogP contribution in [0.4, 0.5) is 57.0 Å². The molecule has 3 heterocycles. The molecule has 0 amide bonds. The van der Waals surface area contributed by atoms with Gasteiger partial charge in [0, 0.05) is 51.2 Å². The maximum absolute atomic E-state index is 9.59. The zero-order chi connectivity index (χ0) is 71.7. The first-order valence-corrected chi connectivity index (χ1v) is 33.8. The van der Waals surface area contributed by atoms with E-state index in [9.17, 15) is 2.74 Å². The Morgan fingerprint density at radius 3 is 1.42 bits per heavy atom. The van der Waals surface area contributed by atoms with Crippen molar-refractivity contribution in [2.75, 3.05) is 26.3 Å². The largest absolute Gasteiger partial charge is 0.321 e. The third-order valence-electron chi connectivity index (χ3n) is 19.2. The van der Waals surface area contributed by atoms with Crippen molar-refractivity contribution in [3.05, 3.63) is 270 Å². The second kappa shape index (κ2) is 23.8. The number of anilines is 10. The Morgan fingerprint density at radius 2 is 0.821 bits per heavy atom. The standard InChI is InChI=1S/C90H95N5/c1-85(2,3)63-44-45-91-83(55-63)95-79-37-26-25-34-76(79)78-48-61(59-30-21-19-22-31-59)40-42-75(78)77-43-41-69(57-82(77)95)94(71-52-66(88(10,11)12)50-67(53-71)89(13,14)15)72-54-68(90(16,17)18)51-70(56-72)92-58-93(81-39-28-27-38-80(81)92)84-73(60-32-23-20-24-33-60)35-29-36-74(84)62-46-64(86(4,5)6)49-65(47-62)87(7,8)9/h19-57H,58H2,1-18H3/i20D,23D,24D,32D,33D. The number of para-hydroxylation sites is 4. The van der Waals surface area contributed by atoms with E-state index in [2.05, 4.69) is 332 Å². The smallest absolute Gasteiger partial charge is 0.137 e. The van der Waals surface area contributed by atoms with Gasteiger partial charge in [0.15, 0.2) is 0 Å². The van der Waals surface area contributed by atoms with Crippen molar-refractivity contribution in [2.45, 2.75) is 157 Å². The van der Waals surface area contributed by atoms with E-state index in [-0.39, 0.29) is 62.2 Å². The van der Waals surface area contributed by atoms with E-state index in [1.807, 2.05) is 18.3 Å². The molecular formula is C90H95N5. The Labute approximate surface area is 574 Å². The maximum atomic E-state index is 9.59. The van der Waals surface area contributed by atoms with Crippen molar-refractivity contribution in [3.8, 4) is 55.6 Å². The van der Waals surface area contributed by atoms with Gasteiger partial charge in [0.2, 0.25) is 0 Å². The first-order chi connectivity index (χ1) is 46.9. The molecule has 0 bridgehead atoms. The van der Waals surface area contributed by atoms with Crippen molar-refractivity contribution < 1.29 is 6.85 Å². The minimum absolute atomic E-state index is 0.155. The van der Waals surface area contributed by atoms with E-state index >= 15 is 0 Å². The third-order valence-corrected chi connectivity index (χ3v) is 19.2. The molecular weight excluding hydrogens is 1150 g/mol. The van der Waals surface area contributed by atoms with Crippen molar-refractivity contribution >= 4 is 57.0 Å². The molecule has 2 aliphatic heterocycles. The average Bonchev–Trinajstić information content (AvgIpc) is 1.42. The summed E-state index contributed by atoms with van der Waals surface area (Å²) in [4.78, 5) is 14.9. The molecule has 5 nitrogen and oxygen atoms in total. The summed E-state index contributed by atoms with van der Waals surface area (Å²) in [7, 11) is 0. The molecule has 10 aromatic carbocycles. The van der Waals surface area contributed by atoms with Crippen LogP contribution in [-0.2, 0) is 32.5 Å². The number of hydrogen-bond donors (Lipinski definition) is 0. The van der Waals surface area contributed by atoms with Crippen molar-refractivity contribution in [3.63, 3.8) is 0 Å². The summed E-state index contributed by atoms with van der Waals surface area (Å²) in [5.74, 6) is 0.827. The van der Waals surface area contributed by atoms with Crippen LogP contribution < -0.4 is 19.6 Å². The Hall–Kier alpha value is -9.45. The second-order valence-corrected chi connectivity index (χ2v) is 32.4. The van der Waals surface area contributed by atoms with Crippen LogP contribution in [0.5, 0.6) is 0 Å². The zero-order valence-electron chi connectivity index (χ0n) is 64.1. The van der Waals surface area contributed by atoms with Gasteiger partial charge in [-0.25, -0.2) is 4.98 Å². The molecule has 0 saturated carbocycles. The molecule has 13 rings (SSSR count). The summed E-state index contributed by atoms with van der Waals surface area (Å²) in [6.07, 6.45) is 1.96. The van der Waals surface area contributed by atoms with Gasteiger partial charge in [-0.05, 0) is 178 Å². The summed E-state index contributed by atoms with van der Waals surface area (Å²) < 4.78 is 46.0. The Balaban J connectivity index is 1.08. The van der Waals surface area contributed by atoms with Gasteiger partial charge in [-0.3, -0.25) is 4.90 Å². The SMILES string of the molecule is [2H]c1c([2H])c([2H])c(-c2cccc(-c3cc(C(C)(C)C)cc(C(C)(C)C)c3)c2N2CN(c3cc(N(c4cc(C(C)(C)C)cc(C(C)(C)C)c4)c4ccc5c(c4)N(c4cc(C(C)(C)C)ccn4)c4ccccc4-c4cc(-c6ccccc6)ccc4-5)cc(C(C)(C)C)c3)c3ccccc32)c([2H])c1[2H]. The number of fused-ring (bicyclic) bond motifs is 6. The van der Waals surface area contributed by atoms with Crippen LogP contribution in [0.3, 0.4) is 0 Å². The first kappa shape index (κ1) is 58.2. The number of benzene rings is 10. The highest BCUT2D eigenvalue weighted by atomic mass is 15.4. The van der Waals surface area contributed by atoms with E-state index in [0.29, 0.717) is 12.2 Å². The van der Waals surface area contributed by atoms with E-state index in [0.717, 1.165) is 107 Å². The molecule has 0 N–H and O–H groups in total. The minimum Gasteiger partial charge on any atom is -0.321 e. The molecule has 1 aromatic heterocycles. The number of pyridine rings is 1. The monoisotopic (exact) mass is 1250 g/mol. The normalized spacial score (nSPS) is 14.2. The summed E-state index contributed by atoms with van der Waals surface area (Å²) in [5, 5.41) is 0. The zero-order valence-corrected chi connectivity index (χ0v) is 59.1. The van der Waals surface area contributed by atoms with Gasteiger partial charge in [0.25, 0.3) is 0 Å². The van der Waals surface area contributed by atoms with Crippen molar-refractivity contribution in [1.82, 2.24) is 4.98 Å². The molecule has 0 fully saturated rings. The molecule has 2 aliphatic rings. The second-order valence-electron chi connectivity index (χ2n) is 32.4. The summed E-state index contributed by atoms with van der Waals surface area (Å²) >= 11 is 0. The lowest BCUT2D eigenvalue weighted by Gasteiger charge is -2.34. The van der Waals surface area contributed by atoms with E-state index in [4.69, 9.17) is 9.10 Å². The molecule has 0 unspecified atom stereocenters. The lowest BCUT2D eigenvalue weighted by molar-refractivity contribution is 0.568. The lowest BCUT2D eigenvalue weighted by atomic mass is 9.78. The molecule has 0 radical (unpaired) electrons. The Kier molecular flexibility index (Phi) is 14.6. The molecule has 0 atom stereocenters. The first-order valence-electron chi connectivity index (χ1n) is 36.3. The highest BCUT2D eigenvalue weighted by Gasteiger charge is 2.36. The van der Waals surface area contributed by atoms with Crippen LogP contribution in [0.15, 0.2) is 237 Å². The summed E-state index contributed by atoms with van der Waals surface area (Å²) in [6, 6.07) is 71.9. The van der Waals surface area contributed by atoms with Gasteiger partial charge in [0.1, 0.15) is 12.5 Å².